The van der Waals surface area contributed by atoms with E-state index in [0.717, 1.165) is 17.8 Å². The third-order valence-electron chi connectivity index (χ3n) is 3.75. The first-order valence-corrected chi connectivity index (χ1v) is 6.38. The highest BCUT2D eigenvalue weighted by molar-refractivity contribution is 5.80. The number of H-pyrrole nitrogens is 1. The lowest BCUT2D eigenvalue weighted by Crippen LogP contribution is -1.96. The molecule has 2 aromatic heterocycles. The Kier molecular flexibility index (Phi) is 2.59. The van der Waals surface area contributed by atoms with Gasteiger partial charge in [-0.2, -0.15) is 0 Å². The molecule has 3 aromatic rings. The Morgan fingerprint density at radius 3 is 2.68 bits per heavy atom. The van der Waals surface area contributed by atoms with Gasteiger partial charge < -0.3 is 4.98 Å². The lowest BCUT2D eigenvalue weighted by atomic mass is 10.0. The van der Waals surface area contributed by atoms with E-state index >= 15 is 0 Å². The number of aromatic amines is 1. The highest BCUT2D eigenvalue weighted by Crippen LogP contribution is 2.27. The molecule has 5 heteroatoms. The number of hydrogen-bond acceptors (Lipinski definition) is 1. The minimum Gasteiger partial charge on any atom is -0.323 e. The molecule has 0 fully saturated rings. The molecule has 0 saturated carbocycles. The highest BCUT2D eigenvalue weighted by atomic mass is 19.2. The van der Waals surface area contributed by atoms with Crippen LogP contribution < -0.4 is 0 Å². The smallest absolute Gasteiger partial charge is 0.212 e. The van der Waals surface area contributed by atoms with Gasteiger partial charge in [-0.1, -0.05) is 13.8 Å². The average Bonchev–Trinajstić information content (AvgIpc) is 2.87. The number of benzene rings is 1. The van der Waals surface area contributed by atoms with Gasteiger partial charge in [-0.25, -0.2) is 13.8 Å². The van der Waals surface area contributed by atoms with E-state index in [2.05, 4.69) is 23.8 Å². The quantitative estimate of drug-likeness (QED) is 0.747. The molecule has 19 heavy (non-hydrogen) atoms. The SMILES string of the molecule is CCC(C)c1nc2[nH]c3cc(F)c(F)cc3n2c1C. The molecular formula is C14H15F2N3. The summed E-state index contributed by atoms with van der Waals surface area (Å²) in [5, 5.41) is 0. The molecule has 0 radical (unpaired) electrons. The minimum atomic E-state index is -0.850. The Bertz CT molecular complexity index is 770. The maximum Gasteiger partial charge on any atom is 0.212 e. The van der Waals surface area contributed by atoms with Gasteiger partial charge in [0.2, 0.25) is 5.78 Å². The minimum absolute atomic E-state index is 0.341. The van der Waals surface area contributed by atoms with Crippen molar-refractivity contribution in [2.45, 2.75) is 33.1 Å². The molecule has 2 heterocycles. The Labute approximate surface area is 109 Å². The zero-order chi connectivity index (χ0) is 13.7. The van der Waals surface area contributed by atoms with Crippen molar-refractivity contribution in [2.75, 3.05) is 0 Å². The summed E-state index contributed by atoms with van der Waals surface area (Å²) in [6.07, 6.45) is 0.988. The van der Waals surface area contributed by atoms with Crippen molar-refractivity contribution < 1.29 is 8.78 Å². The predicted molar refractivity (Wildman–Crippen MR) is 70.4 cm³/mol. The zero-order valence-corrected chi connectivity index (χ0v) is 11.1. The molecule has 1 unspecified atom stereocenters. The second-order valence-corrected chi connectivity index (χ2v) is 4.96. The fraction of sp³-hybridized carbons (Fsp3) is 0.357. The number of fused-ring (bicyclic) bond motifs is 3. The fourth-order valence-corrected chi connectivity index (χ4v) is 2.50. The first kappa shape index (κ1) is 12.1. The molecule has 0 amide bonds. The van der Waals surface area contributed by atoms with Gasteiger partial charge >= 0.3 is 0 Å². The van der Waals surface area contributed by atoms with Crippen LogP contribution in [0.25, 0.3) is 16.8 Å². The Morgan fingerprint density at radius 2 is 2.00 bits per heavy atom. The summed E-state index contributed by atoms with van der Waals surface area (Å²) >= 11 is 0. The van der Waals surface area contributed by atoms with Crippen molar-refractivity contribution >= 4 is 16.8 Å². The average molecular weight is 263 g/mol. The molecule has 0 aliphatic carbocycles. The number of imidazole rings is 2. The maximum absolute atomic E-state index is 13.4. The maximum atomic E-state index is 13.4. The first-order chi connectivity index (χ1) is 9.02. The first-order valence-electron chi connectivity index (χ1n) is 6.38. The van der Waals surface area contributed by atoms with Crippen LogP contribution in [0.4, 0.5) is 8.78 Å². The summed E-state index contributed by atoms with van der Waals surface area (Å²) in [6, 6.07) is 2.38. The Hall–Kier alpha value is -1.91. The molecule has 3 nitrogen and oxygen atoms in total. The van der Waals surface area contributed by atoms with Crippen molar-refractivity contribution in [3.63, 3.8) is 0 Å². The number of rotatable bonds is 2. The third-order valence-corrected chi connectivity index (χ3v) is 3.75. The van der Waals surface area contributed by atoms with Crippen molar-refractivity contribution in [1.29, 1.82) is 0 Å². The van der Waals surface area contributed by atoms with E-state index < -0.39 is 11.6 Å². The van der Waals surface area contributed by atoms with Gasteiger partial charge in [0.25, 0.3) is 0 Å². The number of nitrogens with zero attached hydrogens (tertiary/aromatic N) is 2. The van der Waals surface area contributed by atoms with Crippen molar-refractivity contribution in [3.8, 4) is 0 Å². The molecular weight excluding hydrogens is 248 g/mol. The van der Waals surface area contributed by atoms with Crippen LogP contribution in [-0.2, 0) is 0 Å². The van der Waals surface area contributed by atoms with Gasteiger partial charge in [-0.05, 0) is 13.3 Å². The normalized spacial score (nSPS) is 13.5. The number of aromatic nitrogens is 3. The molecule has 0 aliphatic rings. The summed E-state index contributed by atoms with van der Waals surface area (Å²) in [6.45, 7) is 6.16. The summed E-state index contributed by atoms with van der Waals surface area (Å²) in [7, 11) is 0. The van der Waals surface area contributed by atoms with Gasteiger partial charge in [0, 0.05) is 23.7 Å². The van der Waals surface area contributed by atoms with E-state index in [1.165, 1.54) is 12.1 Å². The molecule has 100 valence electrons. The monoisotopic (exact) mass is 263 g/mol. The van der Waals surface area contributed by atoms with E-state index in [1.54, 1.807) is 0 Å². The van der Waals surface area contributed by atoms with Crippen LogP contribution in [-0.4, -0.2) is 14.4 Å². The molecule has 0 saturated heterocycles. The summed E-state index contributed by atoms with van der Waals surface area (Å²) < 4.78 is 28.5. The molecule has 0 bridgehead atoms. The molecule has 1 N–H and O–H groups in total. The van der Waals surface area contributed by atoms with Crippen LogP contribution in [0.1, 0.15) is 37.6 Å². The van der Waals surface area contributed by atoms with Crippen LogP contribution in [0.15, 0.2) is 12.1 Å². The molecule has 0 spiro atoms. The van der Waals surface area contributed by atoms with Gasteiger partial charge in [0.1, 0.15) is 0 Å². The molecule has 0 aliphatic heterocycles. The second kappa shape index (κ2) is 4.05. The van der Waals surface area contributed by atoms with E-state index in [0.29, 0.717) is 22.7 Å². The van der Waals surface area contributed by atoms with Gasteiger partial charge in [-0.3, -0.25) is 4.40 Å². The fourth-order valence-electron chi connectivity index (χ4n) is 2.50. The summed E-state index contributed by atoms with van der Waals surface area (Å²) in [5.41, 5.74) is 3.15. The van der Waals surface area contributed by atoms with E-state index in [-0.39, 0.29) is 0 Å². The molecule has 1 atom stereocenters. The van der Waals surface area contributed by atoms with Crippen LogP contribution in [0.2, 0.25) is 0 Å². The lowest BCUT2D eigenvalue weighted by molar-refractivity contribution is 0.510. The number of aryl methyl sites for hydroxylation is 1. The van der Waals surface area contributed by atoms with Crippen LogP contribution >= 0.6 is 0 Å². The second-order valence-electron chi connectivity index (χ2n) is 4.96. The lowest BCUT2D eigenvalue weighted by Gasteiger charge is -2.06. The zero-order valence-electron chi connectivity index (χ0n) is 11.1. The van der Waals surface area contributed by atoms with E-state index in [1.807, 2.05) is 11.3 Å². The summed E-state index contributed by atoms with van der Waals surface area (Å²) in [4.78, 5) is 7.57. The van der Waals surface area contributed by atoms with Crippen molar-refractivity contribution in [3.05, 3.63) is 35.2 Å². The Morgan fingerprint density at radius 1 is 1.32 bits per heavy atom. The third kappa shape index (κ3) is 1.64. The molecule has 3 rings (SSSR count). The molecule has 1 aromatic carbocycles. The number of nitrogens with one attached hydrogen (secondary N) is 1. The summed E-state index contributed by atoms with van der Waals surface area (Å²) in [5.74, 6) is -0.718. The van der Waals surface area contributed by atoms with E-state index in [4.69, 9.17) is 0 Å². The Balaban J connectivity index is 2.35. The predicted octanol–water partition coefficient (Wildman–Crippen LogP) is 3.92. The van der Waals surface area contributed by atoms with E-state index in [9.17, 15) is 8.78 Å². The largest absolute Gasteiger partial charge is 0.323 e. The number of halogens is 2. The van der Waals surface area contributed by atoms with Crippen molar-refractivity contribution in [1.82, 2.24) is 14.4 Å². The highest BCUT2D eigenvalue weighted by Gasteiger charge is 2.18. The van der Waals surface area contributed by atoms with Crippen LogP contribution in [0, 0.1) is 18.6 Å². The topological polar surface area (TPSA) is 33.1 Å². The van der Waals surface area contributed by atoms with Crippen LogP contribution in [0.3, 0.4) is 0 Å². The number of hydrogen-bond donors (Lipinski definition) is 1. The van der Waals surface area contributed by atoms with Gasteiger partial charge in [0.05, 0.1) is 16.7 Å². The van der Waals surface area contributed by atoms with Crippen LogP contribution in [0.5, 0.6) is 0 Å². The van der Waals surface area contributed by atoms with Crippen molar-refractivity contribution in [2.24, 2.45) is 0 Å². The standard InChI is InChI=1S/C14H15F2N3/c1-4-7(2)13-8(3)19-12-6-10(16)9(15)5-11(12)17-14(19)18-13/h5-7H,4H2,1-3H3,(H,17,18). The van der Waals surface area contributed by atoms with Gasteiger partial charge in [0.15, 0.2) is 11.6 Å². The van der Waals surface area contributed by atoms with Gasteiger partial charge in [-0.15, -0.1) is 0 Å².